The van der Waals surface area contributed by atoms with Gasteiger partial charge in [0, 0.05) is 6.42 Å². The highest BCUT2D eigenvalue weighted by atomic mass is 16.4. The topological polar surface area (TPSA) is 101 Å². The molecule has 0 heterocycles. The van der Waals surface area contributed by atoms with E-state index in [0.717, 1.165) is 0 Å². The van der Waals surface area contributed by atoms with E-state index >= 15 is 0 Å². The molecule has 64 valence electrons. The minimum absolute atomic E-state index is 0.0988. The van der Waals surface area contributed by atoms with Gasteiger partial charge in [-0.1, -0.05) is 0 Å². The number of carboxylic acid groups (broad SMARTS) is 2. The van der Waals surface area contributed by atoms with Crippen molar-refractivity contribution in [2.75, 3.05) is 0 Å². The van der Waals surface area contributed by atoms with Crippen molar-refractivity contribution in [2.24, 2.45) is 5.73 Å². The monoisotopic (exact) mass is 162 g/mol. The molecule has 5 heteroatoms. The van der Waals surface area contributed by atoms with E-state index in [1.54, 1.807) is 0 Å². The molecule has 0 spiro atoms. The molecule has 0 aliphatic heterocycles. The van der Waals surface area contributed by atoms with E-state index in [1.807, 2.05) is 0 Å². The molecule has 0 amide bonds. The van der Waals surface area contributed by atoms with Gasteiger partial charge in [0.05, 0.1) is 1.37 Å². The third-order valence-corrected chi connectivity index (χ3v) is 1.11. The molecule has 0 rings (SSSR count). The molecule has 0 bridgehead atoms. The van der Waals surface area contributed by atoms with Crippen molar-refractivity contribution >= 4 is 11.9 Å². The quantitative estimate of drug-likeness (QED) is 0.513. The molecule has 0 radical (unpaired) electrons. The van der Waals surface area contributed by atoms with Crippen LogP contribution in [0.3, 0.4) is 0 Å². The Morgan fingerprint density at radius 1 is 1.55 bits per heavy atom. The van der Waals surface area contributed by atoms with Gasteiger partial charge < -0.3 is 15.9 Å². The smallest absolute Gasteiger partial charge is 0.320 e. The lowest BCUT2D eigenvalue weighted by Gasteiger charge is -2.02. The van der Waals surface area contributed by atoms with Crippen LogP contribution >= 0.6 is 0 Å². The Morgan fingerprint density at radius 3 is 2.45 bits per heavy atom. The SMILES string of the molecule is [2H]C(N)(CCCC(=O)O)C(=O)O. The molecule has 0 aliphatic rings. The standard InChI is InChI=1S/C6H11NO4/c7-4(6(10)11)2-1-3-5(8)9/h4H,1-3,7H2,(H,8,9)(H,10,11)/i4D. The fourth-order valence-electron chi connectivity index (χ4n) is 0.537. The lowest BCUT2D eigenvalue weighted by Crippen LogP contribution is -2.29. The van der Waals surface area contributed by atoms with Gasteiger partial charge in [-0.3, -0.25) is 9.59 Å². The van der Waals surface area contributed by atoms with Crippen LogP contribution in [0.1, 0.15) is 20.6 Å². The Bertz CT molecular complexity index is 192. The van der Waals surface area contributed by atoms with Crippen molar-refractivity contribution in [2.45, 2.75) is 25.3 Å². The molecule has 0 aromatic carbocycles. The van der Waals surface area contributed by atoms with E-state index in [1.165, 1.54) is 0 Å². The van der Waals surface area contributed by atoms with Crippen molar-refractivity contribution in [1.82, 2.24) is 0 Å². The summed E-state index contributed by atoms with van der Waals surface area (Å²) in [5.41, 5.74) is 5.02. The highest BCUT2D eigenvalue weighted by Crippen LogP contribution is 1.98. The number of rotatable bonds is 5. The highest BCUT2D eigenvalue weighted by Gasteiger charge is 2.10. The average molecular weight is 162 g/mol. The first-order valence-electron chi connectivity index (χ1n) is 3.60. The molecule has 0 aromatic heterocycles. The molecule has 0 aliphatic carbocycles. The second-order valence-electron chi connectivity index (χ2n) is 2.08. The summed E-state index contributed by atoms with van der Waals surface area (Å²) in [5, 5.41) is 16.5. The number of hydrogen-bond donors (Lipinski definition) is 3. The number of nitrogens with two attached hydrogens (primary N) is 1. The van der Waals surface area contributed by atoms with E-state index in [4.69, 9.17) is 17.3 Å². The second kappa shape index (κ2) is 4.68. The third kappa shape index (κ3) is 5.35. The summed E-state index contributed by atoms with van der Waals surface area (Å²) in [6.45, 7) is 0. The molecule has 0 saturated carbocycles. The summed E-state index contributed by atoms with van der Waals surface area (Å²) in [6.07, 6.45) is -0.221. The van der Waals surface area contributed by atoms with Crippen LogP contribution in [-0.4, -0.2) is 28.2 Å². The fourth-order valence-corrected chi connectivity index (χ4v) is 0.537. The van der Waals surface area contributed by atoms with E-state index in [0.29, 0.717) is 0 Å². The van der Waals surface area contributed by atoms with Gasteiger partial charge in [-0.15, -0.1) is 0 Å². The molecule has 1 unspecified atom stereocenters. The van der Waals surface area contributed by atoms with Gasteiger partial charge >= 0.3 is 11.9 Å². The molecule has 0 aromatic rings. The van der Waals surface area contributed by atoms with Crippen molar-refractivity contribution < 1.29 is 21.2 Å². The average Bonchev–Trinajstić information content (AvgIpc) is 1.85. The normalized spacial score (nSPS) is 16.6. The third-order valence-electron chi connectivity index (χ3n) is 1.11. The first-order valence-corrected chi connectivity index (χ1v) is 3.10. The molecule has 4 N–H and O–H groups in total. The van der Waals surface area contributed by atoms with E-state index in [9.17, 15) is 9.59 Å². The van der Waals surface area contributed by atoms with Crippen LogP contribution < -0.4 is 5.73 Å². The molecule has 0 fully saturated rings. The Balaban J connectivity index is 3.76. The summed E-state index contributed by atoms with van der Waals surface area (Å²) >= 11 is 0. The lowest BCUT2D eigenvalue weighted by molar-refractivity contribution is -0.140. The van der Waals surface area contributed by atoms with Crippen LogP contribution in [0, 0.1) is 0 Å². The molecule has 5 nitrogen and oxygen atoms in total. The van der Waals surface area contributed by atoms with Crippen molar-refractivity contribution in [3.63, 3.8) is 0 Å². The van der Waals surface area contributed by atoms with Crippen LogP contribution in [0.15, 0.2) is 0 Å². The number of aliphatic carboxylic acids is 2. The molecule has 0 saturated heterocycles. The van der Waals surface area contributed by atoms with Gasteiger partial charge in [0.1, 0.15) is 6.02 Å². The van der Waals surface area contributed by atoms with Crippen LogP contribution in [0.4, 0.5) is 0 Å². The zero-order valence-electron chi connectivity index (χ0n) is 6.91. The summed E-state index contributed by atoms with van der Waals surface area (Å²) in [6, 6.07) is -2.06. The van der Waals surface area contributed by atoms with Crippen molar-refractivity contribution in [3.05, 3.63) is 0 Å². The van der Waals surface area contributed by atoms with E-state index in [2.05, 4.69) is 0 Å². The van der Waals surface area contributed by atoms with Crippen molar-refractivity contribution in [3.8, 4) is 0 Å². The molecular weight excluding hydrogens is 150 g/mol. The van der Waals surface area contributed by atoms with Gasteiger partial charge in [0.25, 0.3) is 0 Å². The number of carboxylic acids is 2. The summed E-state index contributed by atoms with van der Waals surface area (Å²) in [7, 11) is 0. The van der Waals surface area contributed by atoms with Gasteiger partial charge in [-0.25, -0.2) is 0 Å². The van der Waals surface area contributed by atoms with E-state index in [-0.39, 0.29) is 19.3 Å². The van der Waals surface area contributed by atoms with Crippen LogP contribution in [-0.2, 0) is 9.59 Å². The Hall–Kier alpha value is -1.10. The minimum Gasteiger partial charge on any atom is -0.481 e. The largest absolute Gasteiger partial charge is 0.481 e. The predicted molar refractivity (Wildman–Crippen MR) is 37.1 cm³/mol. The van der Waals surface area contributed by atoms with Gasteiger partial charge in [0.15, 0.2) is 0 Å². The first-order chi connectivity index (χ1) is 5.36. The Morgan fingerprint density at radius 2 is 2.09 bits per heavy atom. The van der Waals surface area contributed by atoms with Crippen molar-refractivity contribution in [1.29, 1.82) is 0 Å². The fraction of sp³-hybridized carbons (Fsp3) is 0.667. The van der Waals surface area contributed by atoms with Crippen LogP contribution in [0.2, 0.25) is 0 Å². The number of carbonyl (C=O) groups is 2. The zero-order chi connectivity index (χ0) is 9.78. The number of hydrogen-bond acceptors (Lipinski definition) is 3. The Labute approximate surface area is 65.2 Å². The van der Waals surface area contributed by atoms with Gasteiger partial charge in [0.2, 0.25) is 0 Å². The van der Waals surface area contributed by atoms with Crippen LogP contribution in [0.5, 0.6) is 0 Å². The first kappa shape index (κ1) is 8.00. The van der Waals surface area contributed by atoms with Gasteiger partial charge in [-0.05, 0) is 12.8 Å². The summed E-state index contributed by atoms with van der Waals surface area (Å²) in [5.74, 6) is -2.45. The highest BCUT2D eigenvalue weighted by molar-refractivity contribution is 5.73. The minimum atomic E-state index is -2.06. The molecule has 11 heavy (non-hydrogen) atoms. The second-order valence-corrected chi connectivity index (χ2v) is 2.08. The van der Waals surface area contributed by atoms with Gasteiger partial charge in [-0.2, -0.15) is 0 Å². The Kier molecular flexibility index (Phi) is 3.40. The summed E-state index contributed by atoms with van der Waals surface area (Å²) < 4.78 is 7.01. The molecule has 1 atom stereocenters. The van der Waals surface area contributed by atoms with Crippen LogP contribution in [0.25, 0.3) is 0 Å². The lowest BCUT2D eigenvalue weighted by atomic mass is 10.1. The zero-order valence-corrected chi connectivity index (χ0v) is 5.91. The maximum atomic E-state index is 10.2. The van der Waals surface area contributed by atoms with E-state index < -0.39 is 18.0 Å². The maximum absolute atomic E-state index is 10.2. The molecular formula is C6H11NO4. The predicted octanol–water partition coefficient (Wildman–Crippen LogP) is -0.347. The summed E-state index contributed by atoms with van der Waals surface area (Å²) in [4.78, 5) is 20.2. The maximum Gasteiger partial charge on any atom is 0.320 e.